The second-order valence-corrected chi connectivity index (χ2v) is 3.44. The average Bonchev–Trinajstić information content (AvgIpc) is 2.93. The van der Waals surface area contributed by atoms with Crippen molar-refractivity contribution < 1.29 is 13.7 Å². The second kappa shape index (κ2) is 3.51. The van der Waals surface area contributed by atoms with Crippen LogP contribution < -0.4 is 10.5 Å². The number of hydrogen-bond acceptors (Lipinski definition) is 6. The van der Waals surface area contributed by atoms with Crippen LogP contribution in [0.15, 0.2) is 33.3 Å². The number of rotatable bonds is 2. The lowest BCUT2D eigenvalue weighted by molar-refractivity contribution is 0.299. The highest BCUT2D eigenvalue weighted by Crippen LogP contribution is 2.33. The molecule has 3 rings (SSSR count). The lowest BCUT2D eigenvalue weighted by Gasteiger charge is -1.97. The summed E-state index contributed by atoms with van der Waals surface area (Å²) in [6.07, 6.45) is 1.76. The van der Waals surface area contributed by atoms with Crippen molar-refractivity contribution in [2.24, 2.45) is 0 Å². The van der Waals surface area contributed by atoms with Crippen LogP contribution in [0.3, 0.4) is 0 Å². The third-order valence-electron chi connectivity index (χ3n) is 2.46. The van der Waals surface area contributed by atoms with E-state index in [9.17, 15) is 0 Å². The number of nitrogen functional groups attached to an aromatic ring is 1. The number of nitrogens with two attached hydrogens (primary N) is 1. The monoisotopic (exact) mass is 231 g/mol. The molecular weight excluding hydrogens is 222 g/mol. The van der Waals surface area contributed by atoms with Crippen molar-refractivity contribution in [3.63, 3.8) is 0 Å². The Hall–Kier alpha value is -2.50. The molecule has 2 heterocycles. The van der Waals surface area contributed by atoms with E-state index in [0.29, 0.717) is 16.7 Å². The molecule has 0 aliphatic rings. The zero-order chi connectivity index (χ0) is 11.8. The molecule has 1 aromatic carbocycles. The van der Waals surface area contributed by atoms with Gasteiger partial charge in [0.25, 0.3) is 0 Å². The van der Waals surface area contributed by atoms with Crippen molar-refractivity contribution in [3.05, 3.63) is 24.4 Å². The van der Waals surface area contributed by atoms with Crippen molar-refractivity contribution in [1.82, 2.24) is 10.1 Å². The first-order valence-corrected chi connectivity index (χ1v) is 4.93. The van der Waals surface area contributed by atoms with Gasteiger partial charge in [-0.1, -0.05) is 17.3 Å². The van der Waals surface area contributed by atoms with Gasteiger partial charge in [0.1, 0.15) is 5.52 Å². The van der Waals surface area contributed by atoms with E-state index in [1.807, 2.05) is 12.1 Å². The third-order valence-corrected chi connectivity index (χ3v) is 2.46. The fourth-order valence-corrected chi connectivity index (χ4v) is 1.68. The van der Waals surface area contributed by atoms with Gasteiger partial charge >= 0.3 is 6.08 Å². The molecule has 0 fully saturated rings. The summed E-state index contributed by atoms with van der Waals surface area (Å²) in [7, 11) is 1.50. The molecule has 6 nitrogen and oxygen atoms in total. The highest BCUT2D eigenvalue weighted by atomic mass is 16.6. The van der Waals surface area contributed by atoms with E-state index < -0.39 is 0 Å². The highest BCUT2D eigenvalue weighted by molar-refractivity contribution is 5.93. The lowest BCUT2D eigenvalue weighted by Crippen LogP contribution is -1.86. The minimum atomic E-state index is 0.211. The smallest absolute Gasteiger partial charge is 0.394 e. The molecule has 2 N–H and O–H groups in total. The van der Waals surface area contributed by atoms with Gasteiger partial charge in [-0.2, -0.15) is 4.98 Å². The Morgan fingerprint density at radius 3 is 2.88 bits per heavy atom. The molecule has 0 aliphatic carbocycles. The maximum Gasteiger partial charge on any atom is 0.394 e. The minimum Gasteiger partial charge on any atom is -0.453 e. The van der Waals surface area contributed by atoms with Crippen molar-refractivity contribution in [1.29, 1.82) is 0 Å². The van der Waals surface area contributed by atoms with Crippen LogP contribution in [0.25, 0.3) is 22.2 Å². The first-order valence-electron chi connectivity index (χ1n) is 4.93. The van der Waals surface area contributed by atoms with Crippen molar-refractivity contribution in [3.8, 4) is 17.2 Å². The molecule has 0 bridgehead atoms. The number of methoxy groups -OCH3 is 1. The summed E-state index contributed by atoms with van der Waals surface area (Å²) in [5, 5.41) is 3.64. The predicted octanol–water partition coefficient (Wildman–Crippen LogP) is 2.07. The maximum atomic E-state index is 5.68. The molecule has 0 radical (unpaired) electrons. The van der Waals surface area contributed by atoms with Gasteiger partial charge in [-0.15, -0.1) is 0 Å². The first kappa shape index (κ1) is 9.71. The fraction of sp³-hybridized carbons (Fsp3) is 0.0909. The predicted molar refractivity (Wildman–Crippen MR) is 60.5 cm³/mol. The van der Waals surface area contributed by atoms with Gasteiger partial charge in [0, 0.05) is 5.56 Å². The molecule has 0 unspecified atom stereocenters. The topological polar surface area (TPSA) is 87.3 Å². The Labute approximate surface area is 96.0 Å². The fourth-order valence-electron chi connectivity index (χ4n) is 1.68. The van der Waals surface area contributed by atoms with Crippen LogP contribution in [0.1, 0.15) is 0 Å². The van der Waals surface area contributed by atoms with Gasteiger partial charge < -0.3 is 19.4 Å². The zero-order valence-electron chi connectivity index (χ0n) is 9.01. The van der Waals surface area contributed by atoms with Crippen LogP contribution >= 0.6 is 0 Å². The van der Waals surface area contributed by atoms with E-state index in [1.54, 1.807) is 12.3 Å². The highest BCUT2D eigenvalue weighted by Gasteiger charge is 2.15. The number of aromatic nitrogens is 2. The molecule has 0 atom stereocenters. The summed E-state index contributed by atoms with van der Waals surface area (Å²) in [6.45, 7) is 0. The second-order valence-electron chi connectivity index (χ2n) is 3.44. The summed E-state index contributed by atoms with van der Waals surface area (Å²) in [6, 6.07) is 5.51. The number of oxazole rings is 1. The zero-order valence-corrected chi connectivity index (χ0v) is 9.01. The molecule has 17 heavy (non-hydrogen) atoms. The molecule has 0 saturated heterocycles. The van der Waals surface area contributed by atoms with Gasteiger partial charge in [-0.3, -0.25) is 0 Å². The molecule has 0 saturated carbocycles. The molecular formula is C11H9N3O3. The number of ether oxygens (including phenoxy) is 1. The molecule has 2 aromatic heterocycles. The average molecular weight is 231 g/mol. The third kappa shape index (κ3) is 1.42. The quantitative estimate of drug-likeness (QED) is 0.726. The maximum absolute atomic E-state index is 5.68. The number of para-hydroxylation sites is 1. The Balaban J connectivity index is 2.29. The normalized spacial score (nSPS) is 10.9. The Kier molecular flexibility index (Phi) is 2.01. The Morgan fingerprint density at radius 2 is 2.18 bits per heavy atom. The summed E-state index contributed by atoms with van der Waals surface area (Å²) in [5.74, 6) is 0.250. The number of benzene rings is 1. The molecule has 0 spiro atoms. The van der Waals surface area contributed by atoms with E-state index in [-0.39, 0.29) is 12.0 Å². The molecule has 0 aliphatic heterocycles. The minimum absolute atomic E-state index is 0.211. The summed E-state index contributed by atoms with van der Waals surface area (Å²) < 4.78 is 15.2. The van der Waals surface area contributed by atoms with Crippen LogP contribution in [0.5, 0.6) is 6.08 Å². The van der Waals surface area contributed by atoms with Gasteiger partial charge in [0.15, 0.2) is 5.58 Å². The standard InChI is InChI=1S/C11H9N3O3/c1-15-11-14-9-6(3-2-4-8(9)16-11)7-5-13-17-10(7)12/h2-5H,12H2,1H3. The molecule has 0 amide bonds. The number of anilines is 1. The number of nitrogens with zero attached hydrogens (tertiary/aromatic N) is 2. The van der Waals surface area contributed by atoms with E-state index in [1.165, 1.54) is 7.11 Å². The van der Waals surface area contributed by atoms with Crippen LogP contribution in [-0.2, 0) is 0 Å². The van der Waals surface area contributed by atoms with E-state index >= 15 is 0 Å². The largest absolute Gasteiger partial charge is 0.453 e. The summed E-state index contributed by atoms with van der Waals surface area (Å²) in [4.78, 5) is 4.21. The van der Waals surface area contributed by atoms with Gasteiger partial charge in [0.2, 0.25) is 5.88 Å². The molecule has 6 heteroatoms. The van der Waals surface area contributed by atoms with Crippen molar-refractivity contribution >= 4 is 17.0 Å². The summed E-state index contributed by atoms with van der Waals surface area (Å²) >= 11 is 0. The van der Waals surface area contributed by atoms with Crippen molar-refractivity contribution in [2.75, 3.05) is 12.8 Å². The van der Waals surface area contributed by atoms with E-state index in [0.717, 1.165) is 5.56 Å². The first-order chi connectivity index (χ1) is 8.29. The van der Waals surface area contributed by atoms with Crippen LogP contribution in [0, 0.1) is 0 Å². The lowest BCUT2D eigenvalue weighted by atomic mass is 10.1. The number of hydrogen-bond donors (Lipinski definition) is 1. The van der Waals surface area contributed by atoms with Gasteiger partial charge in [-0.25, -0.2) is 0 Å². The van der Waals surface area contributed by atoms with Gasteiger partial charge in [0.05, 0.1) is 18.9 Å². The van der Waals surface area contributed by atoms with Crippen LogP contribution in [0.2, 0.25) is 0 Å². The molecule has 3 aromatic rings. The van der Waals surface area contributed by atoms with Crippen molar-refractivity contribution in [2.45, 2.75) is 0 Å². The Morgan fingerprint density at radius 1 is 1.29 bits per heavy atom. The summed E-state index contributed by atoms with van der Waals surface area (Å²) in [5.41, 5.74) is 8.46. The van der Waals surface area contributed by atoms with Gasteiger partial charge in [-0.05, 0) is 6.07 Å². The van der Waals surface area contributed by atoms with Crippen LogP contribution in [0.4, 0.5) is 5.88 Å². The van der Waals surface area contributed by atoms with E-state index in [4.69, 9.17) is 19.4 Å². The SMILES string of the molecule is COc1nc2c(-c3cnoc3N)cccc2o1. The molecule has 86 valence electrons. The Bertz CT molecular complexity index is 671. The van der Waals surface area contributed by atoms with Crippen LogP contribution in [-0.4, -0.2) is 17.3 Å². The number of fused-ring (bicyclic) bond motifs is 1. The van der Waals surface area contributed by atoms with E-state index in [2.05, 4.69) is 10.1 Å².